The number of aliphatic carboxylic acids is 1. The van der Waals surface area contributed by atoms with Crippen molar-refractivity contribution >= 4 is 5.97 Å². The average molecular weight is 268 g/mol. The molecule has 5 nitrogen and oxygen atoms in total. The van der Waals surface area contributed by atoms with E-state index in [-0.39, 0.29) is 0 Å². The number of rotatable bonds is 10. The van der Waals surface area contributed by atoms with Gasteiger partial charge in [0.25, 0.3) is 0 Å². The van der Waals surface area contributed by atoms with Gasteiger partial charge in [0.15, 0.2) is 6.10 Å². The van der Waals surface area contributed by atoms with Crippen LogP contribution in [0.3, 0.4) is 0 Å². The number of para-hydroxylation sites is 1. The lowest BCUT2D eigenvalue weighted by Crippen LogP contribution is -2.25. The van der Waals surface area contributed by atoms with Gasteiger partial charge in [0.1, 0.15) is 12.4 Å². The molecular formula is C14H20O5. The molecule has 0 radical (unpaired) electrons. The molecule has 1 aromatic rings. The zero-order valence-corrected chi connectivity index (χ0v) is 11.1. The molecule has 1 aromatic carbocycles. The first-order valence-electron chi connectivity index (χ1n) is 6.34. The summed E-state index contributed by atoms with van der Waals surface area (Å²) in [5.74, 6) is -0.158. The third kappa shape index (κ3) is 6.79. The molecule has 106 valence electrons. The van der Waals surface area contributed by atoms with Crippen LogP contribution in [0.4, 0.5) is 0 Å². The fraction of sp³-hybridized carbons (Fsp3) is 0.500. The zero-order valence-electron chi connectivity index (χ0n) is 11.1. The number of ether oxygens (including phenoxy) is 3. The molecule has 1 rings (SSSR count). The van der Waals surface area contributed by atoms with Crippen LogP contribution in [0.1, 0.15) is 13.3 Å². The molecule has 0 aliphatic heterocycles. The van der Waals surface area contributed by atoms with E-state index in [1.54, 1.807) is 6.92 Å². The van der Waals surface area contributed by atoms with Gasteiger partial charge in [-0.2, -0.15) is 0 Å². The molecule has 5 heteroatoms. The van der Waals surface area contributed by atoms with Crippen LogP contribution in [0.5, 0.6) is 5.75 Å². The van der Waals surface area contributed by atoms with Crippen molar-refractivity contribution in [2.45, 2.75) is 19.4 Å². The Morgan fingerprint density at radius 1 is 1.21 bits per heavy atom. The van der Waals surface area contributed by atoms with Gasteiger partial charge in [-0.15, -0.1) is 0 Å². The molecule has 0 fully saturated rings. The highest BCUT2D eigenvalue weighted by Crippen LogP contribution is 2.07. The molecule has 0 heterocycles. The summed E-state index contributed by atoms with van der Waals surface area (Å²) in [6.07, 6.45) is -0.450. The molecule has 0 saturated heterocycles. The van der Waals surface area contributed by atoms with E-state index < -0.39 is 12.1 Å². The summed E-state index contributed by atoms with van der Waals surface area (Å²) in [5, 5.41) is 8.85. The molecule has 1 N–H and O–H groups in total. The van der Waals surface area contributed by atoms with Crippen molar-refractivity contribution < 1.29 is 24.1 Å². The second-order valence-corrected chi connectivity index (χ2v) is 3.84. The van der Waals surface area contributed by atoms with Gasteiger partial charge in [-0.05, 0) is 19.1 Å². The molecule has 0 bridgehead atoms. The van der Waals surface area contributed by atoms with E-state index in [0.29, 0.717) is 32.8 Å². The normalized spacial score (nSPS) is 12.1. The molecule has 0 aliphatic carbocycles. The largest absolute Gasteiger partial charge is 0.491 e. The van der Waals surface area contributed by atoms with Crippen molar-refractivity contribution in [3.63, 3.8) is 0 Å². The minimum atomic E-state index is -0.953. The summed E-state index contributed by atoms with van der Waals surface area (Å²) in [5.41, 5.74) is 0. The van der Waals surface area contributed by atoms with Crippen LogP contribution in [0.25, 0.3) is 0 Å². The number of hydrogen-bond donors (Lipinski definition) is 1. The first kappa shape index (κ1) is 15.5. The van der Waals surface area contributed by atoms with Crippen molar-refractivity contribution in [3.8, 4) is 5.75 Å². The van der Waals surface area contributed by atoms with E-state index >= 15 is 0 Å². The van der Waals surface area contributed by atoms with Gasteiger partial charge >= 0.3 is 5.97 Å². The zero-order chi connectivity index (χ0) is 13.9. The fourth-order valence-electron chi connectivity index (χ4n) is 1.51. The van der Waals surface area contributed by atoms with Gasteiger partial charge in [-0.1, -0.05) is 18.2 Å². The third-order valence-corrected chi connectivity index (χ3v) is 2.41. The van der Waals surface area contributed by atoms with E-state index in [2.05, 4.69) is 0 Å². The molecule has 0 aliphatic rings. The first-order chi connectivity index (χ1) is 9.24. The highest BCUT2D eigenvalue weighted by Gasteiger charge is 2.16. The van der Waals surface area contributed by atoms with Crippen molar-refractivity contribution in [1.29, 1.82) is 0 Å². The molecule has 0 saturated carbocycles. The quantitative estimate of drug-likeness (QED) is 0.657. The molecule has 1 atom stereocenters. The van der Waals surface area contributed by atoms with Crippen LogP contribution in [0.15, 0.2) is 30.3 Å². The second kappa shape index (κ2) is 9.35. The summed E-state index contributed by atoms with van der Waals surface area (Å²) in [6, 6.07) is 9.46. The van der Waals surface area contributed by atoms with Crippen molar-refractivity contribution in [2.24, 2.45) is 0 Å². The van der Waals surface area contributed by atoms with Gasteiger partial charge in [-0.3, -0.25) is 0 Å². The van der Waals surface area contributed by atoms with Crippen LogP contribution in [-0.2, 0) is 14.3 Å². The second-order valence-electron chi connectivity index (χ2n) is 3.84. The topological polar surface area (TPSA) is 65.0 Å². The molecular weight excluding hydrogens is 248 g/mol. The number of benzene rings is 1. The van der Waals surface area contributed by atoms with Crippen molar-refractivity contribution in [1.82, 2.24) is 0 Å². The summed E-state index contributed by atoms with van der Waals surface area (Å²) < 4.78 is 15.8. The first-order valence-corrected chi connectivity index (χ1v) is 6.34. The Balaban J connectivity index is 2.06. The number of carbonyl (C=O) groups is 1. The lowest BCUT2D eigenvalue weighted by molar-refractivity contribution is -0.151. The predicted molar refractivity (Wildman–Crippen MR) is 70.4 cm³/mol. The Bertz CT molecular complexity index is 352. The standard InChI is InChI=1S/C14H20O5/c1-2-18-13(14(15)16)8-9-17-10-11-19-12-6-4-3-5-7-12/h3-7,13H,2,8-11H2,1H3,(H,15,16). The van der Waals surface area contributed by atoms with Crippen LogP contribution >= 0.6 is 0 Å². The summed E-state index contributed by atoms with van der Waals surface area (Å²) in [4.78, 5) is 10.8. The van der Waals surface area contributed by atoms with Crippen LogP contribution in [-0.4, -0.2) is 43.6 Å². The SMILES string of the molecule is CCOC(CCOCCOc1ccccc1)C(=O)O. The Morgan fingerprint density at radius 3 is 2.58 bits per heavy atom. The minimum Gasteiger partial charge on any atom is -0.491 e. The lowest BCUT2D eigenvalue weighted by atomic mass is 10.2. The van der Waals surface area contributed by atoms with Crippen LogP contribution < -0.4 is 4.74 Å². The Kier molecular flexibility index (Phi) is 7.62. The van der Waals surface area contributed by atoms with Gasteiger partial charge in [0, 0.05) is 19.6 Å². The molecule has 0 spiro atoms. The summed E-state index contributed by atoms with van der Waals surface area (Å²) >= 11 is 0. The fourth-order valence-corrected chi connectivity index (χ4v) is 1.51. The van der Waals surface area contributed by atoms with Gasteiger partial charge in [-0.25, -0.2) is 4.79 Å². The van der Waals surface area contributed by atoms with Crippen molar-refractivity contribution in [2.75, 3.05) is 26.4 Å². The average Bonchev–Trinajstić information content (AvgIpc) is 2.42. The lowest BCUT2D eigenvalue weighted by Gasteiger charge is -2.12. The van der Waals surface area contributed by atoms with E-state index in [4.69, 9.17) is 19.3 Å². The van der Waals surface area contributed by atoms with Gasteiger partial charge in [0.05, 0.1) is 6.61 Å². The van der Waals surface area contributed by atoms with Gasteiger partial charge in [0.2, 0.25) is 0 Å². The minimum absolute atomic E-state index is 0.342. The van der Waals surface area contributed by atoms with Crippen LogP contribution in [0, 0.1) is 0 Å². The summed E-state index contributed by atoms with van der Waals surface area (Å²) in [7, 11) is 0. The third-order valence-electron chi connectivity index (χ3n) is 2.41. The predicted octanol–water partition coefficient (Wildman–Crippen LogP) is 1.96. The van der Waals surface area contributed by atoms with E-state index in [9.17, 15) is 4.79 Å². The monoisotopic (exact) mass is 268 g/mol. The molecule has 1 unspecified atom stereocenters. The van der Waals surface area contributed by atoms with E-state index in [1.807, 2.05) is 30.3 Å². The van der Waals surface area contributed by atoms with Gasteiger partial charge < -0.3 is 19.3 Å². The molecule has 19 heavy (non-hydrogen) atoms. The highest BCUT2D eigenvalue weighted by molar-refractivity contribution is 5.72. The maximum absolute atomic E-state index is 10.8. The molecule has 0 amide bonds. The Labute approximate surface area is 113 Å². The highest BCUT2D eigenvalue weighted by atomic mass is 16.5. The Morgan fingerprint density at radius 2 is 1.95 bits per heavy atom. The van der Waals surface area contributed by atoms with Crippen LogP contribution in [0.2, 0.25) is 0 Å². The van der Waals surface area contributed by atoms with E-state index in [0.717, 1.165) is 5.75 Å². The Hall–Kier alpha value is -1.59. The smallest absolute Gasteiger partial charge is 0.332 e. The number of carboxylic acids is 1. The maximum atomic E-state index is 10.8. The van der Waals surface area contributed by atoms with Crippen molar-refractivity contribution in [3.05, 3.63) is 30.3 Å². The number of carboxylic acid groups (broad SMARTS) is 1. The maximum Gasteiger partial charge on any atom is 0.332 e. The number of hydrogen-bond acceptors (Lipinski definition) is 4. The summed E-state index contributed by atoms with van der Waals surface area (Å²) in [6.45, 7) is 3.36. The molecule has 0 aromatic heterocycles. The van der Waals surface area contributed by atoms with E-state index in [1.165, 1.54) is 0 Å².